The monoisotopic (exact) mass is 273 g/mol. The fourth-order valence-electron chi connectivity index (χ4n) is 2.49. The maximum atomic E-state index is 12.8. The van der Waals surface area contributed by atoms with E-state index >= 15 is 0 Å². The molecule has 0 unspecified atom stereocenters. The van der Waals surface area contributed by atoms with Crippen molar-refractivity contribution in [2.75, 3.05) is 11.9 Å². The van der Waals surface area contributed by atoms with Crippen molar-refractivity contribution in [3.8, 4) is 0 Å². The van der Waals surface area contributed by atoms with Crippen molar-refractivity contribution < 1.29 is 18.3 Å². The van der Waals surface area contributed by atoms with Crippen LogP contribution in [0.1, 0.15) is 31.2 Å². The molecular weight excluding hydrogens is 255 g/mol. The van der Waals surface area contributed by atoms with Gasteiger partial charge in [0.05, 0.1) is 11.7 Å². The highest BCUT2D eigenvalue weighted by atomic mass is 19.4. The van der Waals surface area contributed by atoms with Crippen LogP contribution < -0.4 is 5.32 Å². The summed E-state index contributed by atoms with van der Waals surface area (Å²) in [5, 5.41) is 12.3. The number of para-hydroxylation sites is 1. The van der Waals surface area contributed by atoms with E-state index in [2.05, 4.69) is 5.32 Å². The number of halogens is 3. The minimum absolute atomic E-state index is 0.140. The normalized spacial score (nSPS) is 24.2. The van der Waals surface area contributed by atoms with Crippen molar-refractivity contribution in [3.63, 3.8) is 0 Å². The molecule has 1 fully saturated rings. The highest BCUT2D eigenvalue weighted by Gasteiger charge is 2.33. The molecule has 1 aromatic carbocycles. The van der Waals surface area contributed by atoms with Gasteiger partial charge in [0.1, 0.15) is 0 Å². The Balaban J connectivity index is 1.96. The van der Waals surface area contributed by atoms with Crippen LogP contribution >= 0.6 is 0 Å². The van der Waals surface area contributed by atoms with Gasteiger partial charge in [-0.05, 0) is 43.7 Å². The van der Waals surface area contributed by atoms with Gasteiger partial charge in [-0.2, -0.15) is 13.2 Å². The van der Waals surface area contributed by atoms with Crippen LogP contribution in [0.25, 0.3) is 0 Å². The highest BCUT2D eigenvalue weighted by molar-refractivity contribution is 5.52. The number of rotatable bonds is 3. The molecule has 0 radical (unpaired) electrons. The number of hydrogen-bond donors (Lipinski definition) is 2. The van der Waals surface area contributed by atoms with E-state index in [0.717, 1.165) is 31.7 Å². The van der Waals surface area contributed by atoms with Gasteiger partial charge in [0.2, 0.25) is 0 Å². The minimum atomic E-state index is -4.33. The lowest BCUT2D eigenvalue weighted by Gasteiger charge is -2.26. The third kappa shape index (κ3) is 3.86. The number of aliphatic hydroxyl groups excluding tert-OH is 1. The molecule has 0 atom stereocenters. The topological polar surface area (TPSA) is 32.3 Å². The van der Waals surface area contributed by atoms with Crippen molar-refractivity contribution in [3.05, 3.63) is 29.8 Å². The maximum Gasteiger partial charge on any atom is 0.418 e. The van der Waals surface area contributed by atoms with Crippen molar-refractivity contribution in [2.45, 2.75) is 38.0 Å². The largest absolute Gasteiger partial charge is 0.418 e. The van der Waals surface area contributed by atoms with Crippen molar-refractivity contribution in [2.24, 2.45) is 5.92 Å². The number of hydrogen-bond acceptors (Lipinski definition) is 2. The van der Waals surface area contributed by atoms with Crippen LogP contribution in [0.15, 0.2) is 24.3 Å². The van der Waals surface area contributed by atoms with Crippen LogP contribution in [-0.2, 0) is 6.18 Å². The van der Waals surface area contributed by atoms with E-state index in [1.165, 1.54) is 12.1 Å². The van der Waals surface area contributed by atoms with Crippen LogP contribution in [0.5, 0.6) is 0 Å². The molecule has 0 spiro atoms. The lowest BCUT2D eigenvalue weighted by atomic mass is 9.87. The zero-order chi connectivity index (χ0) is 13.9. The number of alkyl halides is 3. The predicted octanol–water partition coefficient (Wildman–Crippen LogP) is 3.67. The molecule has 0 amide bonds. The molecule has 19 heavy (non-hydrogen) atoms. The quantitative estimate of drug-likeness (QED) is 0.880. The molecule has 0 aromatic heterocycles. The van der Waals surface area contributed by atoms with Crippen molar-refractivity contribution >= 4 is 5.69 Å². The van der Waals surface area contributed by atoms with Gasteiger partial charge in [-0.15, -0.1) is 0 Å². The molecule has 1 aliphatic carbocycles. The third-order valence-electron chi connectivity index (χ3n) is 3.63. The first-order valence-corrected chi connectivity index (χ1v) is 6.55. The Morgan fingerprint density at radius 1 is 1.11 bits per heavy atom. The zero-order valence-electron chi connectivity index (χ0n) is 10.6. The SMILES string of the molecule is OC1CCC(CNc2ccccc2C(F)(F)F)CC1. The Hall–Kier alpha value is -1.23. The first-order valence-electron chi connectivity index (χ1n) is 6.55. The second kappa shape index (κ2) is 5.82. The predicted molar refractivity (Wildman–Crippen MR) is 67.9 cm³/mol. The standard InChI is InChI=1S/C14H18F3NO/c15-14(16,17)12-3-1-2-4-13(12)18-9-10-5-7-11(19)8-6-10/h1-4,10-11,18-19H,5-9H2. The van der Waals surface area contributed by atoms with Gasteiger partial charge in [0.25, 0.3) is 0 Å². The third-order valence-corrected chi connectivity index (χ3v) is 3.63. The summed E-state index contributed by atoms with van der Waals surface area (Å²) in [6.07, 6.45) is -1.35. The summed E-state index contributed by atoms with van der Waals surface area (Å²) in [7, 11) is 0. The molecular formula is C14H18F3NO. The van der Waals surface area contributed by atoms with Gasteiger partial charge in [-0.25, -0.2) is 0 Å². The van der Waals surface area contributed by atoms with Crippen LogP contribution in [-0.4, -0.2) is 17.8 Å². The number of anilines is 1. The van der Waals surface area contributed by atoms with Crippen LogP contribution in [0, 0.1) is 5.92 Å². The Kier molecular flexibility index (Phi) is 4.34. The molecule has 2 rings (SSSR count). The van der Waals surface area contributed by atoms with E-state index in [1.807, 2.05) is 0 Å². The summed E-state index contributed by atoms with van der Waals surface area (Å²) in [5.41, 5.74) is -0.480. The molecule has 0 aliphatic heterocycles. The Morgan fingerprint density at radius 3 is 2.37 bits per heavy atom. The van der Waals surface area contributed by atoms with E-state index in [1.54, 1.807) is 6.07 Å². The highest BCUT2D eigenvalue weighted by Crippen LogP contribution is 2.35. The summed E-state index contributed by atoms with van der Waals surface area (Å²) in [4.78, 5) is 0. The number of aliphatic hydroxyl groups is 1. The maximum absolute atomic E-state index is 12.8. The zero-order valence-corrected chi connectivity index (χ0v) is 10.6. The Labute approximate surface area is 110 Å². The average molecular weight is 273 g/mol. The number of benzene rings is 1. The molecule has 106 valence electrons. The second-order valence-electron chi connectivity index (χ2n) is 5.10. The summed E-state index contributed by atoms with van der Waals surface area (Å²) >= 11 is 0. The van der Waals surface area contributed by atoms with E-state index in [0.29, 0.717) is 12.5 Å². The van der Waals surface area contributed by atoms with Gasteiger partial charge < -0.3 is 10.4 Å². The van der Waals surface area contributed by atoms with Gasteiger partial charge in [0.15, 0.2) is 0 Å². The lowest BCUT2D eigenvalue weighted by molar-refractivity contribution is -0.136. The Bertz CT molecular complexity index is 411. The molecule has 1 aromatic rings. The molecule has 1 aliphatic rings. The van der Waals surface area contributed by atoms with Gasteiger partial charge in [-0.1, -0.05) is 12.1 Å². The van der Waals surface area contributed by atoms with Gasteiger partial charge >= 0.3 is 6.18 Å². The molecule has 0 saturated heterocycles. The van der Waals surface area contributed by atoms with Crippen molar-refractivity contribution in [1.29, 1.82) is 0 Å². The van der Waals surface area contributed by atoms with E-state index in [-0.39, 0.29) is 11.8 Å². The van der Waals surface area contributed by atoms with Gasteiger partial charge in [-0.3, -0.25) is 0 Å². The lowest BCUT2D eigenvalue weighted by Crippen LogP contribution is -2.24. The summed E-state index contributed by atoms with van der Waals surface area (Å²) in [6.45, 7) is 0.528. The summed E-state index contributed by atoms with van der Waals surface area (Å²) in [6, 6.07) is 5.54. The molecule has 2 N–H and O–H groups in total. The molecule has 0 bridgehead atoms. The molecule has 0 heterocycles. The fraction of sp³-hybridized carbons (Fsp3) is 0.571. The molecule has 2 nitrogen and oxygen atoms in total. The minimum Gasteiger partial charge on any atom is -0.393 e. The first kappa shape index (κ1) is 14.2. The summed E-state index contributed by atoms with van der Waals surface area (Å²) in [5.74, 6) is 0.338. The fourth-order valence-corrected chi connectivity index (χ4v) is 2.49. The van der Waals surface area contributed by atoms with E-state index in [9.17, 15) is 18.3 Å². The van der Waals surface area contributed by atoms with Crippen LogP contribution in [0.4, 0.5) is 18.9 Å². The van der Waals surface area contributed by atoms with E-state index < -0.39 is 11.7 Å². The van der Waals surface area contributed by atoms with Crippen molar-refractivity contribution in [1.82, 2.24) is 0 Å². The number of nitrogens with one attached hydrogen (secondary N) is 1. The second-order valence-corrected chi connectivity index (χ2v) is 5.10. The van der Waals surface area contributed by atoms with E-state index in [4.69, 9.17) is 0 Å². The Morgan fingerprint density at radius 2 is 1.74 bits per heavy atom. The van der Waals surface area contributed by atoms with Crippen LogP contribution in [0.3, 0.4) is 0 Å². The molecule has 5 heteroatoms. The first-order chi connectivity index (χ1) is 8.97. The molecule has 1 saturated carbocycles. The summed E-state index contributed by atoms with van der Waals surface area (Å²) < 4.78 is 38.4. The average Bonchev–Trinajstić information content (AvgIpc) is 2.37. The van der Waals surface area contributed by atoms with Crippen LogP contribution in [0.2, 0.25) is 0 Å². The smallest absolute Gasteiger partial charge is 0.393 e. The van der Waals surface area contributed by atoms with Gasteiger partial charge in [0, 0.05) is 12.2 Å².